The summed E-state index contributed by atoms with van der Waals surface area (Å²) in [4.78, 5) is 12.3. The molecule has 4 aliphatic rings. The van der Waals surface area contributed by atoms with E-state index >= 15 is 0 Å². The highest BCUT2D eigenvalue weighted by Crippen LogP contribution is 2.53. The molecule has 0 radical (unpaired) electrons. The van der Waals surface area contributed by atoms with Crippen LogP contribution in [0.4, 0.5) is 0 Å². The maximum atomic E-state index is 11.1. The van der Waals surface area contributed by atoms with Crippen LogP contribution < -0.4 is 10.0 Å². The van der Waals surface area contributed by atoms with Gasteiger partial charge in [-0.15, -0.1) is 0 Å². The van der Waals surface area contributed by atoms with Crippen molar-refractivity contribution in [3.8, 4) is 0 Å². The van der Waals surface area contributed by atoms with E-state index in [0.717, 1.165) is 28.7 Å². The number of benzene rings is 1. The van der Waals surface area contributed by atoms with E-state index in [1.165, 1.54) is 37.0 Å². The fourth-order valence-electron chi connectivity index (χ4n) is 5.08. The van der Waals surface area contributed by atoms with Gasteiger partial charge in [0.05, 0.1) is 0 Å². The zero-order valence-corrected chi connectivity index (χ0v) is 17.6. The van der Waals surface area contributed by atoms with Crippen molar-refractivity contribution in [1.82, 2.24) is 10.0 Å². The summed E-state index contributed by atoms with van der Waals surface area (Å²) >= 11 is 7.37. The third kappa shape index (κ3) is 5.40. The summed E-state index contributed by atoms with van der Waals surface area (Å²) in [5.41, 5.74) is 0. The topological polar surface area (TPSA) is 41.1 Å². The number of nitrogens with one attached hydrogen (secondary N) is 2. The molecule has 1 aromatic carbocycles. The van der Waals surface area contributed by atoms with Crippen LogP contribution in [0.15, 0.2) is 29.2 Å². The van der Waals surface area contributed by atoms with Gasteiger partial charge >= 0.3 is 0 Å². The van der Waals surface area contributed by atoms with Crippen molar-refractivity contribution in [2.75, 3.05) is 0 Å². The fourth-order valence-corrected chi connectivity index (χ4v) is 5.85. The first kappa shape index (κ1) is 20.0. The molecule has 5 heteroatoms. The Morgan fingerprint density at radius 2 is 1.58 bits per heavy atom. The lowest BCUT2D eigenvalue weighted by molar-refractivity contribution is -0.122. The minimum absolute atomic E-state index is 0.169. The van der Waals surface area contributed by atoms with Crippen molar-refractivity contribution in [3.05, 3.63) is 29.3 Å². The molecule has 1 aromatic rings. The van der Waals surface area contributed by atoms with Gasteiger partial charge in [-0.05, 0) is 106 Å². The minimum atomic E-state index is 0.169. The van der Waals surface area contributed by atoms with E-state index in [1.54, 1.807) is 18.9 Å². The second-order valence-corrected chi connectivity index (χ2v) is 9.83. The predicted octanol–water partition coefficient (Wildman–Crippen LogP) is 5.29. The molecule has 0 unspecified atom stereocenters. The van der Waals surface area contributed by atoms with E-state index in [-0.39, 0.29) is 5.91 Å². The quantitative estimate of drug-likeness (QED) is 0.681. The summed E-state index contributed by atoms with van der Waals surface area (Å²) in [7, 11) is 0. The number of amides is 1. The molecule has 4 fully saturated rings. The minimum Gasteiger partial charge on any atom is -0.353 e. The van der Waals surface area contributed by atoms with Crippen molar-refractivity contribution in [2.24, 2.45) is 23.7 Å². The van der Waals surface area contributed by atoms with Crippen LogP contribution in [0.1, 0.15) is 52.9 Å². The Balaban J connectivity index is 0.000000153. The van der Waals surface area contributed by atoms with Crippen LogP contribution in [-0.4, -0.2) is 18.0 Å². The van der Waals surface area contributed by atoms with Crippen LogP contribution in [0.2, 0.25) is 5.02 Å². The SMILES string of the molecule is CC(=O)NC1C2CC3CC(C2)CC1C3.CC(C)NSc1ccc(Cl)cc1. The predicted molar refractivity (Wildman–Crippen MR) is 110 cm³/mol. The molecule has 4 aliphatic carbocycles. The molecule has 0 spiro atoms. The molecule has 5 rings (SSSR count). The first-order valence-corrected chi connectivity index (χ1v) is 11.0. The molecule has 3 nitrogen and oxygen atoms in total. The molecule has 0 aromatic heterocycles. The van der Waals surface area contributed by atoms with Crippen LogP contribution >= 0.6 is 23.5 Å². The van der Waals surface area contributed by atoms with Gasteiger partial charge in [0, 0.05) is 28.9 Å². The molecule has 0 aliphatic heterocycles. The van der Waals surface area contributed by atoms with Crippen LogP contribution in [-0.2, 0) is 4.79 Å². The van der Waals surface area contributed by atoms with E-state index in [0.29, 0.717) is 12.1 Å². The van der Waals surface area contributed by atoms with Gasteiger partial charge in [0.25, 0.3) is 0 Å². The summed E-state index contributed by atoms with van der Waals surface area (Å²) in [6.07, 6.45) is 7.03. The molecule has 0 saturated heterocycles. The van der Waals surface area contributed by atoms with Gasteiger partial charge in [0.15, 0.2) is 0 Å². The van der Waals surface area contributed by atoms with Gasteiger partial charge in [-0.2, -0.15) is 0 Å². The molecule has 0 heterocycles. The third-order valence-corrected chi connectivity index (χ3v) is 7.17. The van der Waals surface area contributed by atoms with Gasteiger partial charge < -0.3 is 5.32 Å². The molecule has 1 amide bonds. The van der Waals surface area contributed by atoms with Crippen LogP contribution in [0.3, 0.4) is 0 Å². The summed E-state index contributed by atoms with van der Waals surface area (Å²) in [5, 5.41) is 3.97. The monoisotopic (exact) mass is 394 g/mol. The average Bonchev–Trinajstić information content (AvgIpc) is 2.57. The van der Waals surface area contributed by atoms with Gasteiger partial charge in [0.1, 0.15) is 0 Å². The van der Waals surface area contributed by atoms with Crippen LogP contribution in [0, 0.1) is 23.7 Å². The van der Waals surface area contributed by atoms with Crippen molar-refractivity contribution in [3.63, 3.8) is 0 Å². The highest BCUT2D eigenvalue weighted by Gasteiger charge is 2.48. The second-order valence-electron chi connectivity index (χ2n) is 8.49. The molecule has 2 N–H and O–H groups in total. The number of halogens is 1. The zero-order valence-electron chi connectivity index (χ0n) is 16.0. The standard InChI is InChI=1S/C12H19NO.C9H12ClNS/c1-7(14)13-12-10-3-8-2-9(5-10)6-11(12)4-8;1-7(2)11-12-9-5-3-8(10)4-6-9/h8-12H,2-6H2,1H3,(H,13,14);3-7,11H,1-2H3. The van der Waals surface area contributed by atoms with Crippen LogP contribution in [0.5, 0.6) is 0 Å². The lowest BCUT2D eigenvalue weighted by atomic mass is 9.54. The van der Waals surface area contributed by atoms with E-state index < -0.39 is 0 Å². The number of hydrogen-bond acceptors (Lipinski definition) is 3. The lowest BCUT2D eigenvalue weighted by Gasteiger charge is -2.54. The van der Waals surface area contributed by atoms with E-state index in [1.807, 2.05) is 24.3 Å². The van der Waals surface area contributed by atoms with Gasteiger partial charge in [-0.25, -0.2) is 0 Å². The van der Waals surface area contributed by atoms with Gasteiger partial charge in [-0.3, -0.25) is 9.52 Å². The maximum absolute atomic E-state index is 11.1. The smallest absolute Gasteiger partial charge is 0.217 e. The summed E-state index contributed by atoms with van der Waals surface area (Å²) in [6.45, 7) is 5.89. The highest BCUT2D eigenvalue weighted by atomic mass is 35.5. The molecular weight excluding hydrogens is 364 g/mol. The maximum Gasteiger partial charge on any atom is 0.217 e. The zero-order chi connectivity index (χ0) is 18.7. The Morgan fingerprint density at radius 1 is 1.04 bits per heavy atom. The lowest BCUT2D eigenvalue weighted by Crippen LogP contribution is -2.55. The molecular formula is C21H31ClN2OS. The van der Waals surface area contributed by atoms with Crippen molar-refractivity contribution < 1.29 is 4.79 Å². The number of carbonyl (C=O) groups excluding carboxylic acids is 1. The van der Waals surface area contributed by atoms with Crippen LogP contribution in [0.25, 0.3) is 0 Å². The molecule has 0 atom stereocenters. The number of rotatable bonds is 4. The first-order chi connectivity index (χ1) is 12.4. The number of carbonyl (C=O) groups is 1. The summed E-state index contributed by atoms with van der Waals surface area (Å²) < 4.78 is 3.25. The Labute approximate surface area is 167 Å². The second kappa shape index (κ2) is 8.99. The third-order valence-electron chi connectivity index (χ3n) is 5.82. The molecule has 4 saturated carbocycles. The van der Waals surface area contributed by atoms with Crippen molar-refractivity contribution in [2.45, 2.75) is 69.9 Å². The Morgan fingerprint density at radius 3 is 2.04 bits per heavy atom. The van der Waals surface area contributed by atoms with E-state index in [9.17, 15) is 4.79 Å². The van der Waals surface area contributed by atoms with E-state index in [4.69, 9.17) is 11.6 Å². The van der Waals surface area contributed by atoms with Gasteiger partial charge in [0.2, 0.25) is 5.91 Å². The van der Waals surface area contributed by atoms with Gasteiger partial charge in [-0.1, -0.05) is 11.6 Å². The van der Waals surface area contributed by atoms with E-state index in [2.05, 4.69) is 23.9 Å². The Kier molecular flexibility index (Phi) is 6.92. The molecule has 26 heavy (non-hydrogen) atoms. The normalized spacial score (nSPS) is 31.5. The summed E-state index contributed by atoms with van der Waals surface area (Å²) in [6, 6.07) is 8.81. The Bertz CT molecular complexity index is 577. The number of hydrogen-bond donors (Lipinski definition) is 2. The highest BCUT2D eigenvalue weighted by molar-refractivity contribution is 7.97. The largest absolute Gasteiger partial charge is 0.353 e. The fraction of sp³-hybridized carbons (Fsp3) is 0.667. The summed E-state index contributed by atoms with van der Waals surface area (Å²) in [5.74, 6) is 3.80. The van der Waals surface area contributed by atoms with Crippen molar-refractivity contribution >= 4 is 29.5 Å². The molecule has 144 valence electrons. The molecule has 4 bridgehead atoms. The van der Waals surface area contributed by atoms with Crippen molar-refractivity contribution in [1.29, 1.82) is 0 Å². The first-order valence-electron chi connectivity index (χ1n) is 9.85. The Hall–Kier alpha value is -0.710. The average molecular weight is 395 g/mol.